The topological polar surface area (TPSA) is 158 Å². The molecule has 2 aromatic heterocycles. The van der Waals surface area contributed by atoms with Crippen LogP contribution in [0.3, 0.4) is 0 Å². The molecule has 0 amide bonds. The monoisotopic (exact) mass is 419 g/mol. The molecule has 0 unspecified atom stereocenters. The average molecular weight is 419 g/mol. The molecule has 1 aliphatic heterocycles. The number of hydrogen-bond donors (Lipinski definition) is 4. The van der Waals surface area contributed by atoms with Crippen molar-refractivity contribution in [3.05, 3.63) is 6.33 Å². The normalized spacial score (nSPS) is 23.9. The van der Waals surface area contributed by atoms with E-state index in [4.69, 9.17) is 24.6 Å². The zero-order valence-corrected chi connectivity index (χ0v) is 16.8. The minimum atomic E-state index is -3.17. The van der Waals surface area contributed by atoms with Crippen LogP contribution in [0.1, 0.15) is 12.6 Å². The third-order valence-corrected chi connectivity index (χ3v) is 6.39. The van der Waals surface area contributed by atoms with Gasteiger partial charge in [-0.3, -0.25) is 0 Å². The third kappa shape index (κ3) is 4.69. The van der Waals surface area contributed by atoms with E-state index in [2.05, 4.69) is 15.0 Å². The molecule has 5 N–H and O–H groups in total. The van der Waals surface area contributed by atoms with Gasteiger partial charge in [0.05, 0.1) is 0 Å². The second kappa shape index (κ2) is 8.54. The van der Waals surface area contributed by atoms with Crippen LogP contribution in [-0.2, 0) is 13.8 Å². The number of aliphatic hydroxyl groups excluding tert-OH is 2. The van der Waals surface area contributed by atoms with Crippen molar-refractivity contribution in [1.82, 2.24) is 19.5 Å². The van der Waals surface area contributed by atoms with Crippen LogP contribution >= 0.6 is 19.6 Å². The second-order valence-electron chi connectivity index (χ2n) is 6.15. The predicted molar refractivity (Wildman–Crippen MR) is 104 cm³/mol. The molecule has 0 aromatic carbocycles. The van der Waals surface area contributed by atoms with E-state index in [1.165, 1.54) is 32.8 Å². The van der Waals surface area contributed by atoms with Crippen LogP contribution in [0.25, 0.3) is 11.2 Å². The molecule has 1 fully saturated rings. The van der Waals surface area contributed by atoms with Gasteiger partial charge < -0.3 is 5.11 Å². The van der Waals surface area contributed by atoms with Crippen molar-refractivity contribution in [2.24, 2.45) is 0 Å². The standard InChI is InChI=1S/C13H23BN5O6PS/c1-23-26(14,22)24-5-7-4-8(21)12(25-7)19-6-16-9-10(15)17-13(18-11(9)19)27-3-2-20/h6-8,12,20-22,26H,2-5,14H2,1H3,(H2,15,17,18)/t7-,8-,12+/m0/s1. The molecular formula is C13H23BN5O6PS. The Labute approximate surface area is 161 Å². The molecule has 1 saturated heterocycles. The second-order valence-corrected chi connectivity index (χ2v) is 9.71. The zero-order chi connectivity index (χ0) is 19.6. The number of aliphatic hydroxyl groups is 2. The van der Waals surface area contributed by atoms with Gasteiger partial charge in [0.2, 0.25) is 0 Å². The Morgan fingerprint density at radius 2 is 2.30 bits per heavy atom. The summed E-state index contributed by atoms with van der Waals surface area (Å²) in [6, 6.07) is 0. The molecule has 1 aliphatic rings. The number of thioether (sulfide) groups is 1. The Morgan fingerprint density at radius 3 is 3.00 bits per heavy atom. The number of aromatic nitrogens is 4. The number of hydrogen-bond acceptors (Lipinski definition) is 11. The van der Waals surface area contributed by atoms with Gasteiger partial charge in [0.15, 0.2) is 0 Å². The number of imidazole rings is 1. The van der Waals surface area contributed by atoms with E-state index in [9.17, 15) is 10.00 Å². The summed E-state index contributed by atoms with van der Waals surface area (Å²) in [5.41, 5.74) is 6.80. The van der Waals surface area contributed by atoms with Gasteiger partial charge >= 0.3 is 156 Å². The molecule has 0 saturated carbocycles. The number of anilines is 1. The molecule has 3 rings (SSSR count). The first kappa shape index (κ1) is 20.7. The molecular weight excluding hydrogens is 396 g/mol. The Morgan fingerprint density at radius 1 is 1.52 bits per heavy atom. The van der Waals surface area contributed by atoms with E-state index in [1.807, 2.05) is 0 Å². The van der Waals surface area contributed by atoms with Gasteiger partial charge in [-0.1, -0.05) is 0 Å². The van der Waals surface area contributed by atoms with E-state index < -0.39 is 26.3 Å². The SMILES string of the molecule is B[PH](O)(OC)OC[C@@H]1C[C@H](O)[C@H](n2cnc3c(N)nc(SCCO)nc32)O1. The fourth-order valence-electron chi connectivity index (χ4n) is 2.70. The number of nitrogens with zero attached hydrogens (tertiary/aromatic N) is 4. The quantitative estimate of drug-likeness (QED) is 0.177. The molecule has 0 radical (unpaired) electrons. The van der Waals surface area contributed by atoms with Crippen LogP contribution in [0.5, 0.6) is 0 Å². The van der Waals surface area contributed by atoms with Crippen LogP contribution in [0.4, 0.5) is 5.82 Å². The van der Waals surface area contributed by atoms with Crippen molar-refractivity contribution < 1.29 is 28.9 Å². The van der Waals surface area contributed by atoms with Crippen LogP contribution in [-0.4, -0.2) is 80.5 Å². The molecule has 150 valence electrons. The van der Waals surface area contributed by atoms with Gasteiger partial charge in [0.1, 0.15) is 0 Å². The van der Waals surface area contributed by atoms with E-state index in [1.54, 1.807) is 4.57 Å². The third-order valence-electron chi connectivity index (χ3n) is 4.11. The van der Waals surface area contributed by atoms with Crippen molar-refractivity contribution in [3.63, 3.8) is 0 Å². The zero-order valence-electron chi connectivity index (χ0n) is 15.0. The summed E-state index contributed by atoms with van der Waals surface area (Å²) in [5, 5.41) is 19.8. The molecule has 2 aromatic rings. The Hall–Kier alpha value is -1.05. The van der Waals surface area contributed by atoms with Gasteiger partial charge in [-0.2, -0.15) is 0 Å². The fraction of sp³-hybridized carbons (Fsp3) is 0.615. The number of nitrogens with two attached hydrogens (primary N) is 1. The van der Waals surface area contributed by atoms with Gasteiger partial charge in [0, 0.05) is 0 Å². The van der Waals surface area contributed by atoms with Crippen LogP contribution < -0.4 is 5.73 Å². The summed E-state index contributed by atoms with van der Waals surface area (Å²) in [4.78, 5) is 22.7. The van der Waals surface area contributed by atoms with Gasteiger partial charge in [0.25, 0.3) is 0 Å². The van der Waals surface area contributed by atoms with Crippen LogP contribution in [0, 0.1) is 0 Å². The molecule has 3 heterocycles. The molecule has 0 spiro atoms. The minimum absolute atomic E-state index is 0.00801. The van der Waals surface area contributed by atoms with Gasteiger partial charge in [-0.15, -0.1) is 0 Å². The maximum absolute atomic E-state index is 10.4. The van der Waals surface area contributed by atoms with E-state index in [0.717, 1.165) is 0 Å². The Balaban J connectivity index is 1.79. The number of ether oxygens (including phenoxy) is 1. The summed E-state index contributed by atoms with van der Waals surface area (Å²) < 4.78 is 17.8. The van der Waals surface area contributed by atoms with E-state index >= 15 is 0 Å². The maximum atomic E-state index is 10.4. The average Bonchev–Trinajstić information content (AvgIpc) is 3.21. The summed E-state index contributed by atoms with van der Waals surface area (Å²) in [7, 11) is -0.281. The number of rotatable bonds is 8. The first-order chi connectivity index (χ1) is 12.8. The van der Waals surface area contributed by atoms with Crippen molar-refractivity contribution in [2.45, 2.75) is 30.0 Å². The fourth-order valence-corrected chi connectivity index (χ4v) is 3.90. The number of nitrogen functional groups attached to an aromatic ring is 1. The first-order valence-electron chi connectivity index (χ1n) is 8.33. The Kier molecular flexibility index (Phi) is 6.54. The molecule has 0 bridgehead atoms. The predicted octanol–water partition coefficient (Wildman–Crippen LogP) is -1.16. The van der Waals surface area contributed by atoms with E-state index in [0.29, 0.717) is 28.5 Å². The van der Waals surface area contributed by atoms with Crippen LogP contribution in [0.2, 0.25) is 0 Å². The van der Waals surface area contributed by atoms with E-state index in [-0.39, 0.29) is 19.0 Å². The summed E-state index contributed by atoms with van der Waals surface area (Å²) in [6.45, 7) is 0.0912. The van der Waals surface area contributed by atoms with Gasteiger partial charge in [-0.05, 0) is 0 Å². The first-order valence-corrected chi connectivity index (χ1v) is 11.6. The Bertz CT molecular complexity index is 798. The summed E-state index contributed by atoms with van der Waals surface area (Å²) in [6.07, 6.45) is -0.129. The van der Waals surface area contributed by atoms with Gasteiger partial charge in [-0.25, -0.2) is 0 Å². The van der Waals surface area contributed by atoms with Crippen molar-refractivity contribution in [3.8, 4) is 0 Å². The molecule has 14 heteroatoms. The molecule has 3 atom stereocenters. The van der Waals surface area contributed by atoms with Crippen molar-refractivity contribution in [1.29, 1.82) is 0 Å². The molecule has 27 heavy (non-hydrogen) atoms. The number of fused-ring (bicyclic) bond motifs is 1. The molecule has 0 aliphatic carbocycles. The van der Waals surface area contributed by atoms with Crippen LogP contribution in [0.15, 0.2) is 11.5 Å². The summed E-state index contributed by atoms with van der Waals surface area (Å²) in [5.74, 6) is 0.651. The molecule has 11 nitrogen and oxygen atoms in total. The summed E-state index contributed by atoms with van der Waals surface area (Å²) >= 11 is 1.27. The van der Waals surface area contributed by atoms with Crippen molar-refractivity contribution >= 4 is 44.1 Å². The van der Waals surface area contributed by atoms with Crippen molar-refractivity contribution in [2.75, 3.05) is 31.8 Å².